The minimum atomic E-state index is 0.451. The molecule has 0 aromatic carbocycles. The smallest absolute Gasteiger partial charge is 0.0625 e. The van der Waals surface area contributed by atoms with Crippen LogP contribution in [0, 0.1) is 17.2 Å². The third kappa shape index (κ3) is 4.23. The number of alkyl halides is 1. The van der Waals surface area contributed by atoms with Crippen molar-refractivity contribution in [2.75, 3.05) is 5.33 Å². The van der Waals surface area contributed by atoms with Crippen LogP contribution in [-0.4, -0.2) is 5.33 Å². The third-order valence-electron chi connectivity index (χ3n) is 1.10. The highest BCUT2D eigenvalue weighted by Gasteiger charge is 2.01. The average Bonchev–Trinajstić information content (AvgIpc) is 1.88. The number of rotatable bonds is 4. The molecule has 0 saturated carbocycles. The Kier molecular flexibility index (Phi) is 5.65. The molecule has 0 spiro atoms. The van der Waals surface area contributed by atoms with Crippen molar-refractivity contribution in [3.63, 3.8) is 0 Å². The minimum absolute atomic E-state index is 0.451. The van der Waals surface area contributed by atoms with Crippen molar-refractivity contribution in [1.29, 1.82) is 5.26 Å². The van der Waals surface area contributed by atoms with Crippen molar-refractivity contribution in [2.24, 2.45) is 5.92 Å². The van der Waals surface area contributed by atoms with Crippen molar-refractivity contribution in [3.8, 4) is 6.07 Å². The molecule has 0 aromatic heterocycles. The lowest BCUT2D eigenvalue weighted by atomic mass is 10.1. The fourth-order valence-corrected chi connectivity index (χ4v) is 1.06. The van der Waals surface area contributed by atoms with Gasteiger partial charge in [-0.3, -0.25) is 0 Å². The molecule has 0 saturated heterocycles. The largest absolute Gasteiger partial charge is 0.198 e. The summed E-state index contributed by atoms with van der Waals surface area (Å²) < 4.78 is 0. The van der Waals surface area contributed by atoms with E-state index in [0.717, 1.165) is 11.8 Å². The highest BCUT2D eigenvalue weighted by atomic mass is 79.9. The summed E-state index contributed by atoms with van der Waals surface area (Å²) in [7, 11) is 0. The lowest BCUT2D eigenvalue weighted by Crippen LogP contribution is -1.97. The Morgan fingerprint density at radius 3 is 2.78 bits per heavy atom. The van der Waals surface area contributed by atoms with Gasteiger partial charge in [0, 0.05) is 11.8 Å². The van der Waals surface area contributed by atoms with Crippen molar-refractivity contribution >= 4 is 15.9 Å². The number of halogens is 1. The molecule has 1 unspecified atom stereocenters. The number of allylic oxidation sites excluding steroid dienone is 1. The zero-order valence-corrected chi connectivity index (χ0v) is 6.89. The summed E-state index contributed by atoms with van der Waals surface area (Å²) in [6.45, 7) is 3.60. The molecule has 0 fully saturated rings. The van der Waals surface area contributed by atoms with Crippen LogP contribution in [0.5, 0.6) is 0 Å². The van der Waals surface area contributed by atoms with Crippen LogP contribution in [0.1, 0.15) is 12.8 Å². The Bertz CT molecular complexity index is 115. The Hall–Kier alpha value is -0.290. The lowest BCUT2D eigenvalue weighted by molar-refractivity contribution is 0.625. The van der Waals surface area contributed by atoms with Gasteiger partial charge in [-0.05, 0) is 12.3 Å². The van der Waals surface area contributed by atoms with Crippen molar-refractivity contribution in [1.82, 2.24) is 0 Å². The van der Waals surface area contributed by atoms with E-state index in [9.17, 15) is 0 Å². The first-order valence-corrected chi connectivity index (χ1v) is 4.01. The van der Waals surface area contributed by atoms with Gasteiger partial charge in [0.1, 0.15) is 0 Å². The molecular formula is C7H10BrN. The topological polar surface area (TPSA) is 23.8 Å². The second-order valence-corrected chi connectivity index (χ2v) is 2.55. The Morgan fingerprint density at radius 2 is 2.44 bits per heavy atom. The average molecular weight is 188 g/mol. The Morgan fingerprint density at radius 1 is 1.78 bits per heavy atom. The van der Waals surface area contributed by atoms with Crippen LogP contribution in [-0.2, 0) is 0 Å². The molecule has 0 bridgehead atoms. The summed E-state index contributed by atoms with van der Waals surface area (Å²) >= 11 is 3.32. The van der Waals surface area contributed by atoms with E-state index < -0.39 is 0 Å². The van der Waals surface area contributed by atoms with E-state index in [1.165, 1.54) is 0 Å². The summed E-state index contributed by atoms with van der Waals surface area (Å²) in [5, 5.41) is 9.18. The minimum Gasteiger partial charge on any atom is -0.198 e. The van der Waals surface area contributed by atoms with Crippen molar-refractivity contribution in [2.45, 2.75) is 12.8 Å². The summed E-state index contributed by atoms with van der Waals surface area (Å²) in [6, 6.07) is 2.13. The van der Waals surface area contributed by atoms with Gasteiger partial charge < -0.3 is 0 Å². The SMILES string of the molecule is C=CCC(CBr)CC#N. The first-order chi connectivity index (χ1) is 4.35. The van der Waals surface area contributed by atoms with E-state index in [4.69, 9.17) is 5.26 Å². The molecule has 0 rings (SSSR count). The van der Waals surface area contributed by atoms with Crippen LogP contribution in [0.3, 0.4) is 0 Å². The maximum atomic E-state index is 8.29. The zero-order valence-electron chi connectivity index (χ0n) is 5.31. The highest BCUT2D eigenvalue weighted by molar-refractivity contribution is 9.09. The summed E-state index contributed by atoms with van der Waals surface area (Å²) in [4.78, 5) is 0. The highest BCUT2D eigenvalue weighted by Crippen LogP contribution is 2.10. The maximum absolute atomic E-state index is 8.29. The Labute approximate surface area is 64.5 Å². The summed E-state index contributed by atoms with van der Waals surface area (Å²) in [6.07, 6.45) is 3.40. The van der Waals surface area contributed by atoms with Gasteiger partial charge >= 0.3 is 0 Å². The van der Waals surface area contributed by atoms with Gasteiger partial charge in [0.25, 0.3) is 0 Å². The molecule has 0 aliphatic carbocycles. The molecule has 0 amide bonds. The second kappa shape index (κ2) is 5.84. The van der Waals surface area contributed by atoms with Crippen LogP contribution >= 0.6 is 15.9 Å². The summed E-state index contributed by atoms with van der Waals surface area (Å²) in [5.74, 6) is 0.451. The number of nitriles is 1. The summed E-state index contributed by atoms with van der Waals surface area (Å²) in [5.41, 5.74) is 0. The van der Waals surface area contributed by atoms with Gasteiger partial charge in [-0.2, -0.15) is 5.26 Å². The molecular weight excluding hydrogens is 178 g/mol. The molecule has 0 aliphatic heterocycles. The molecule has 0 N–H and O–H groups in total. The van der Waals surface area contributed by atoms with Gasteiger partial charge in [-0.15, -0.1) is 6.58 Å². The quantitative estimate of drug-likeness (QED) is 0.491. The van der Waals surface area contributed by atoms with Gasteiger partial charge in [0.15, 0.2) is 0 Å². The lowest BCUT2D eigenvalue weighted by Gasteiger charge is -2.03. The van der Waals surface area contributed by atoms with Crippen LogP contribution in [0.4, 0.5) is 0 Å². The van der Waals surface area contributed by atoms with E-state index in [1.807, 2.05) is 6.08 Å². The van der Waals surface area contributed by atoms with Crippen molar-refractivity contribution in [3.05, 3.63) is 12.7 Å². The van der Waals surface area contributed by atoms with Crippen LogP contribution in [0.25, 0.3) is 0 Å². The first-order valence-electron chi connectivity index (χ1n) is 2.89. The van der Waals surface area contributed by atoms with Gasteiger partial charge in [-0.1, -0.05) is 22.0 Å². The van der Waals surface area contributed by atoms with Crippen LogP contribution < -0.4 is 0 Å². The van der Waals surface area contributed by atoms with Gasteiger partial charge in [0.2, 0.25) is 0 Å². The molecule has 1 atom stereocenters. The van der Waals surface area contributed by atoms with E-state index in [2.05, 4.69) is 28.6 Å². The fourth-order valence-electron chi connectivity index (χ4n) is 0.566. The third-order valence-corrected chi connectivity index (χ3v) is 2.01. The molecule has 0 aromatic rings. The molecule has 2 heteroatoms. The van der Waals surface area contributed by atoms with Crippen LogP contribution in [0.15, 0.2) is 12.7 Å². The predicted molar refractivity (Wildman–Crippen MR) is 42.3 cm³/mol. The fraction of sp³-hybridized carbons (Fsp3) is 0.571. The standard InChI is InChI=1S/C7H10BrN/c1-2-3-7(6-8)4-5-9/h2,7H,1,3-4,6H2. The predicted octanol–water partition coefficient (Wildman–Crippen LogP) is 2.49. The zero-order chi connectivity index (χ0) is 7.11. The Balaban J connectivity index is 3.43. The normalized spacial score (nSPS) is 12.0. The second-order valence-electron chi connectivity index (χ2n) is 1.91. The molecule has 0 radical (unpaired) electrons. The maximum Gasteiger partial charge on any atom is 0.0625 e. The number of hydrogen-bond acceptors (Lipinski definition) is 1. The molecule has 0 heterocycles. The molecule has 50 valence electrons. The molecule has 0 aliphatic rings. The van der Waals surface area contributed by atoms with E-state index in [1.54, 1.807) is 0 Å². The van der Waals surface area contributed by atoms with Gasteiger partial charge in [-0.25, -0.2) is 0 Å². The number of hydrogen-bond donors (Lipinski definition) is 0. The monoisotopic (exact) mass is 187 g/mol. The van der Waals surface area contributed by atoms with Crippen molar-refractivity contribution < 1.29 is 0 Å². The number of nitrogens with zero attached hydrogens (tertiary/aromatic N) is 1. The van der Waals surface area contributed by atoms with Crippen LogP contribution in [0.2, 0.25) is 0 Å². The molecule has 9 heavy (non-hydrogen) atoms. The first kappa shape index (κ1) is 8.71. The van der Waals surface area contributed by atoms with Gasteiger partial charge in [0.05, 0.1) is 6.07 Å². The van der Waals surface area contributed by atoms with E-state index >= 15 is 0 Å². The van der Waals surface area contributed by atoms with E-state index in [-0.39, 0.29) is 0 Å². The molecule has 1 nitrogen and oxygen atoms in total. The van der Waals surface area contributed by atoms with E-state index in [0.29, 0.717) is 12.3 Å².